The number of nitrogens with zero attached hydrogens (tertiary/aromatic N) is 1. The summed E-state index contributed by atoms with van der Waals surface area (Å²) in [5.41, 5.74) is 5.41. The van der Waals surface area contributed by atoms with Crippen LogP contribution in [0.3, 0.4) is 0 Å². The number of ether oxygens (including phenoxy) is 2. The van der Waals surface area contributed by atoms with Gasteiger partial charge in [-0.2, -0.15) is 0 Å². The number of carbonyl (C=O) groups is 4. The van der Waals surface area contributed by atoms with E-state index in [1.165, 1.54) is 6.08 Å². The summed E-state index contributed by atoms with van der Waals surface area (Å²) in [6.45, 7) is 3.11. The molecule has 5 aromatic carbocycles. The van der Waals surface area contributed by atoms with Gasteiger partial charge in [-0.15, -0.1) is 0 Å². The molecule has 3 amide bonds. The lowest BCUT2D eigenvalue weighted by Crippen LogP contribution is -2.50. The molecule has 280 valence electrons. The molecule has 0 fully saturated rings. The Kier molecular flexibility index (Phi) is 12.4. The smallest absolute Gasteiger partial charge is 0.410 e. The van der Waals surface area contributed by atoms with E-state index in [-0.39, 0.29) is 45.1 Å². The molecule has 0 spiro atoms. The van der Waals surface area contributed by atoms with Crippen molar-refractivity contribution in [2.75, 3.05) is 26.3 Å². The van der Waals surface area contributed by atoms with Gasteiger partial charge >= 0.3 is 18.2 Å². The number of hydrogen-bond acceptors (Lipinski definition) is 6. The topological polar surface area (TPSA) is 134 Å². The van der Waals surface area contributed by atoms with E-state index in [1.807, 2.05) is 140 Å². The van der Waals surface area contributed by atoms with Crippen molar-refractivity contribution in [2.45, 2.75) is 30.3 Å². The molecule has 55 heavy (non-hydrogen) atoms. The van der Waals surface area contributed by atoms with Gasteiger partial charge in [-0.05, 0) is 45.4 Å². The number of carbonyl (C=O) groups excluding carboxylic acids is 3. The number of amides is 3. The lowest BCUT2D eigenvalue weighted by atomic mass is 9.77. The maximum absolute atomic E-state index is 14.1. The van der Waals surface area contributed by atoms with Gasteiger partial charge in [0, 0.05) is 25.4 Å². The molecule has 1 atom stereocenters. The van der Waals surface area contributed by atoms with Crippen LogP contribution < -0.4 is 10.6 Å². The summed E-state index contributed by atoms with van der Waals surface area (Å²) >= 11 is 0. The van der Waals surface area contributed by atoms with Crippen molar-refractivity contribution in [1.82, 2.24) is 15.5 Å². The summed E-state index contributed by atoms with van der Waals surface area (Å²) in [7, 11) is 0. The van der Waals surface area contributed by atoms with Crippen molar-refractivity contribution in [3.63, 3.8) is 0 Å². The normalized spacial score (nSPS) is 12.4. The quantitative estimate of drug-likeness (QED) is 0.0706. The molecular formula is C45H43N3O7. The van der Waals surface area contributed by atoms with Crippen LogP contribution in [0.1, 0.15) is 46.6 Å². The van der Waals surface area contributed by atoms with Gasteiger partial charge in [-0.1, -0.05) is 152 Å². The van der Waals surface area contributed by atoms with E-state index in [9.17, 15) is 24.3 Å². The first-order valence-electron chi connectivity index (χ1n) is 18.2. The average Bonchev–Trinajstić information content (AvgIpc) is 3.54. The van der Waals surface area contributed by atoms with Crippen LogP contribution in [0.15, 0.2) is 152 Å². The number of carboxylic acid groups (broad SMARTS) is 1. The van der Waals surface area contributed by atoms with Crippen molar-refractivity contribution in [1.29, 1.82) is 0 Å². The first-order valence-corrected chi connectivity index (χ1v) is 18.2. The molecule has 10 nitrogen and oxygen atoms in total. The minimum absolute atomic E-state index is 0.0226. The van der Waals surface area contributed by atoms with Gasteiger partial charge in [0.1, 0.15) is 24.8 Å². The van der Waals surface area contributed by atoms with E-state index in [4.69, 9.17) is 9.47 Å². The number of rotatable bonds is 16. The van der Waals surface area contributed by atoms with Crippen molar-refractivity contribution < 1.29 is 33.8 Å². The number of carboxylic acids is 1. The van der Waals surface area contributed by atoms with Gasteiger partial charge < -0.3 is 25.2 Å². The third kappa shape index (κ3) is 8.60. The largest absolute Gasteiger partial charge is 0.480 e. The molecule has 0 aromatic heterocycles. The van der Waals surface area contributed by atoms with Crippen LogP contribution in [0.5, 0.6) is 0 Å². The second-order valence-corrected chi connectivity index (χ2v) is 13.1. The standard InChI is InChI=1S/C45H43N3O7/c1-2-30-54-43(52)46-28-29-48(44(53)55-31-39-37-24-14-12-22-35(37)36-23-13-15-25-38(36)39)40(42(50)51)26-27-41(49)47-45(32-16-6-3-7-17-32,33-18-8-4-9-19-33)34-20-10-5-11-21-34/h2-25,39-40H,1,26-31H2,(H,46,52)(H,47,49)(H,50,51)/t40-/m0/s1. The highest BCUT2D eigenvalue weighted by Crippen LogP contribution is 2.44. The predicted octanol–water partition coefficient (Wildman–Crippen LogP) is 7.49. The Morgan fingerprint density at radius 3 is 1.71 bits per heavy atom. The molecule has 1 aliphatic rings. The zero-order valence-corrected chi connectivity index (χ0v) is 30.3. The Morgan fingerprint density at radius 2 is 1.22 bits per heavy atom. The number of hydrogen-bond donors (Lipinski definition) is 3. The molecule has 0 radical (unpaired) electrons. The van der Waals surface area contributed by atoms with E-state index < -0.39 is 35.6 Å². The molecule has 0 aliphatic heterocycles. The lowest BCUT2D eigenvalue weighted by molar-refractivity contribution is -0.143. The minimum atomic E-state index is -1.47. The lowest BCUT2D eigenvalue weighted by Gasteiger charge is -2.37. The van der Waals surface area contributed by atoms with Crippen molar-refractivity contribution in [2.24, 2.45) is 0 Å². The number of benzene rings is 5. The van der Waals surface area contributed by atoms with Gasteiger partial charge in [0.25, 0.3) is 0 Å². The van der Waals surface area contributed by atoms with Crippen molar-refractivity contribution >= 4 is 24.1 Å². The van der Waals surface area contributed by atoms with Gasteiger partial charge in [-0.25, -0.2) is 14.4 Å². The average molecular weight is 738 g/mol. The number of alkyl carbamates (subject to hydrolysis) is 1. The molecule has 0 saturated heterocycles. The summed E-state index contributed by atoms with van der Waals surface area (Å²) < 4.78 is 10.9. The minimum Gasteiger partial charge on any atom is -0.480 e. The fourth-order valence-electron chi connectivity index (χ4n) is 7.25. The Labute approximate surface area is 320 Å². The fourth-order valence-corrected chi connectivity index (χ4v) is 7.25. The summed E-state index contributed by atoms with van der Waals surface area (Å²) in [5, 5.41) is 16.3. The van der Waals surface area contributed by atoms with E-state index in [0.717, 1.165) is 43.8 Å². The van der Waals surface area contributed by atoms with E-state index >= 15 is 0 Å². The maximum Gasteiger partial charge on any atom is 0.410 e. The van der Waals surface area contributed by atoms with E-state index in [2.05, 4.69) is 17.2 Å². The first-order chi connectivity index (χ1) is 26.8. The highest BCUT2D eigenvalue weighted by atomic mass is 16.6. The monoisotopic (exact) mass is 737 g/mol. The number of fused-ring (bicyclic) bond motifs is 3. The Morgan fingerprint density at radius 1 is 0.727 bits per heavy atom. The second kappa shape index (κ2) is 17.9. The predicted molar refractivity (Wildman–Crippen MR) is 209 cm³/mol. The molecular weight excluding hydrogens is 695 g/mol. The van der Waals surface area contributed by atoms with Crippen LogP contribution in [0.4, 0.5) is 9.59 Å². The summed E-state index contributed by atoms with van der Waals surface area (Å²) in [6.07, 6.45) is -0.704. The van der Waals surface area contributed by atoms with Crippen LogP contribution in [-0.4, -0.2) is 66.4 Å². The van der Waals surface area contributed by atoms with Crippen molar-refractivity contribution in [3.05, 3.63) is 180 Å². The zero-order chi connectivity index (χ0) is 38.6. The molecule has 3 N–H and O–H groups in total. The van der Waals surface area contributed by atoms with Gasteiger partial charge in [-0.3, -0.25) is 9.69 Å². The molecule has 1 aliphatic carbocycles. The molecule has 0 bridgehead atoms. The fraction of sp³-hybridized carbons (Fsp3) is 0.200. The van der Waals surface area contributed by atoms with Crippen LogP contribution in [0.25, 0.3) is 11.1 Å². The Bertz CT molecular complexity index is 1970. The Balaban J connectivity index is 1.24. The summed E-state index contributed by atoms with van der Waals surface area (Å²) in [4.78, 5) is 54.2. The van der Waals surface area contributed by atoms with Crippen LogP contribution in [-0.2, 0) is 24.6 Å². The Hall–Kier alpha value is -6.68. The van der Waals surface area contributed by atoms with Crippen LogP contribution in [0.2, 0.25) is 0 Å². The maximum atomic E-state index is 14.1. The van der Waals surface area contributed by atoms with Crippen molar-refractivity contribution in [3.8, 4) is 11.1 Å². The highest BCUT2D eigenvalue weighted by Gasteiger charge is 2.39. The SMILES string of the molecule is C=CCOC(=O)NCCN(C(=O)OCC1c2ccccc2-c2ccccc21)[C@@H](CCC(=O)NC(c1ccccc1)(c1ccccc1)c1ccccc1)C(=O)O. The van der Waals surface area contributed by atoms with Gasteiger partial charge in [0.15, 0.2) is 0 Å². The third-order valence-corrected chi connectivity index (χ3v) is 9.78. The summed E-state index contributed by atoms with van der Waals surface area (Å²) in [6, 6.07) is 43.0. The van der Waals surface area contributed by atoms with E-state index in [1.54, 1.807) is 0 Å². The van der Waals surface area contributed by atoms with Crippen LogP contribution in [0, 0.1) is 0 Å². The second-order valence-electron chi connectivity index (χ2n) is 13.1. The zero-order valence-electron chi connectivity index (χ0n) is 30.3. The van der Waals surface area contributed by atoms with Gasteiger partial charge in [0.05, 0.1) is 0 Å². The number of nitrogens with one attached hydrogen (secondary N) is 2. The molecule has 5 aromatic rings. The van der Waals surface area contributed by atoms with Crippen LogP contribution >= 0.6 is 0 Å². The molecule has 10 heteroatoms. The van der Waals surface area contributed by atoms with E-state index in [0.29, 0.717) is 0 Å². The summed E-state index contributed by atoms with van der Waals surface area (Å²) in [5.74, 6) is -2.02. The first kappa shape index (κ1) is 38.1. The highest BCUT2D eigenvalue weighted by molar-refractivity contribution is 5.83. The molecule has 0 unspecified atom stereocenters. The number of aliphatic carboxylic acids is 1. The molecule has 0 heterocycles. The van der Waals surface area contributed by atoms with Gasteiger partial charge in [0.2, 0.25) is 5.91 Å². The third-order valence-electron chi connectivity index (χ3n) is 9.78. The molecule has 0 saturated carbocycles. The molecule has 6 rings (SSSR count).